The zero-order valence-corrected chi connectivity index (χ0v) is 16.2. The average Bonchev–Trinajstić information content (AvgIpc) is 3.46. The van der Waals surface area contributed by atoms with Crippen molar-refractivity contribution in [3.05, 3.63) is 29.3 Å². The van der Waals surface area contributed by atoms with Gasteiger partial charge in [-0.2, -0.15) is 0 Å². The van der Waals surface area contributed by atoms with Gasteiger partial charge in [0.1, 0.15) is 0 Å². The summed E-state index contributed by atoms with van der Waals surface area (Å²) in [6, 6.07) is 5.35. The lowest BCUT2D eigenvalue weighted by atomic mass is 9.92. The summed E-state index contributed by atoms with van der Waals surface area (Å²) in [5.74, 6) is 0.265. The van der Waals surface area contributed by atoms with E-state index >= 15 is 0 Å². The Labute approximate surface area is 156 Å². The normalized spacial score (nSPS) is 19.5. The summed E-state index contributed by atoms with van der Waals surface area (Å²) < 4.78 is 27.5. The third kappa shape index (κ3) is 4.45. The first-order valence-electron chi connectivity index (χ1n) is 9.46. The molecule has 0 aromatic heterocycles. The number of carbonyl (C=O) groups excluding carboxylic acids is 1. The molecule has 1 aromatic rings. The fourth-order valence-corrected chi connectivity index (χ4v) is 4.76. The van der Waals surface area contributed by atoms with Gasteiger partial charge in [0.15, 0.2) is 0 Å². The molecule has 1 aromatic carbocycles. The Balaban J connectivity index is 1.54. The molecule has 1 saturated carbocycles. The lowest BCUT2D eigenvalue weighted by Crippen LogP contribution is -2.53. The van der Waals surface area contributed by atoms with Crippen LogP contribution in [0.5, 0.6) is 0 Å². The largest absolute Gasteiger partial charge is 0.349 e. The van der Waals surface area contributed by atoms with E-state index in [-0.39, 0.29) is 29.3 Å². The third-order valence-electron chi connectivity index (χ3n) is 5.60. The molecule has 144 valence electrons. The first kappa shape index (κ1) is 19.3. The number of rotatable bonds is 8. The summed E-state index contributed by atoms with van der Waals surface area (Å²) in [6.45, 7) is 2.43. The summed E-state index contributed by atoms with van der Waals surface area (Å²) in [4.78, 5) is 12.4. The van der Waals surface area contributed by atoms with Gasteiger partial charge in [-0.1, -0.05) is 6.07 Å². The second kappa shape index (κ2) is 7.66. The van der Waals surface area contributed by atoms with Crippen LogP contribution in [0, 0.1) is 5.92 Å². The van der Waals surface area contributed by atoms with Crippen LogP contribution in [-0.2, 0) is 27.7 Å². The van der Waals surface area contributed by atoms with E-state index in [0.717, 1.165) is 44.1 Å². The molecule has 1 amide bonds. The smallest absolute Gasteiger partial charge is 0.240 e. The number of sulfonamides is 1. The maximum Gasteiger partial charge on any atom is 0.240 e. The predicted molar refractivity (Wildman–Crippen MR) is 101 cm³/mol. The van der Waals surface area contributed by atoms with Crippen molar-refractivity contribution in [2.24, 2.45) is 11.7 Å². The van der Waals surface area contributed by atoms with Crippen molar-refractivity contribution in [1.82, 2.24) is 10.0 Å². The molecule has 2 aliphatic carbocycles. The van der Waals surface area contributed by atoms with Gasteiger partial charge in [0.2, 0.25) is 15.9 Å². The van der Waals surface area contributed by atoms with Crippen molar-refractivity contribution in [1.29, 1.82) is 0 Å². The zero-order valence-electron chi connectivity index (χ0n) is 15.4. The molecule has 2 aliphatic rings. The van der Waals surface area contributed by atoms with Gasteiger partial charge in [0.25, 0.3) is 0 Å². The van der Waals surface area contributed by atoms with Crippen LogP contribution in [0.1, 0.15) is 50.2 Å². The van der Waals surface area contributed by atoms with Crippen LogP contribution >= 0.6 is 0 Å². The Kier molecular flexibility index (Phi) is 5.69. The van der Waals surface area contributed by atoms with Crippen molar-refractivity contribution in [3.8, 4) is 0 Å². The summed E-state index contributed by atoms with van der Waals surface area (Å²) in [5.41, 5.74) is 7.79. The number of nitrogens with two attached hydrogens (primary N) is 1. The van der Waals surface area contributed by atoms with Crippen LogP contribution in [0.3, 0.4) is 0 Å². The lowest BCUT2D eigenvalue weighted by Gasteiger charge is -2.29. The quantitative estimate of drug-likeness (QED) is 0.637. The lowest BCUT2D eigenvalue weighted by molar-refractivity contribution is -0.122. The molecule has 0 saturated heterocycles. The molecule has 1 fully saturated rings. The number of hydrogen-bond donors (Lipinski definition) is 3. The molecule has 1 unspecified atom stereocenters. The molecule has 0 radical (unpaired) electrons. The fourth-order valence-electron chi connectivity index (χ4n) is 3.68. The first-order valence-corrected chi connectivity index (χ1v) is 10.9. The molecule has 6 nitrogen and oxygen atoms in total. The van der Waals surface area contributed by atoms with Crippen LogP contribution in [0.4, 0.5) is 0 Å². The van der Waals surface area contributed by atoms with Gasteiger partial charge in [-0.25, -0.2) is 13.1 Å². The zero-order chi connectivity index (χ0) is 18.8. The fraction of sp³-hybridized carbons (Fsp3) is 0.632. The van der Waals surface area contributed by atoms with Crippen LogP contribution in [0.2, 0.25) is 0 Å². The molecule has 26 heavy (non-hydrogen) atoms. The Bertz CT molecular complexity index is 774. The summed E-state index contributed by atoms with van der Waals surface area (Å²) in [6.07, 6.45) is 6.48. The Morgan fingerprint density at radius 3 is 2.58 bits per heavy atom. The molecule has 1 atom stereocenters. The van der Waals surface area contributed by atoms with Crippen LogP contribution in [-0.4, -0.2) is 33.0 Å². The number of benzene rings is 1. The van der Waals surface area contributed by atoms with Crippen LogP contribution in [0.25, 0.3) is 0 Å². The SMILES string of the molecule is CC(CN)(NC(=O)CCNS(=O)(=O)c1ccc2c(c1)CCCC2)C1CC1. The molecule has 0 aliphatic heterocycles. The van der Waals surface area contributed by atoms with E-state index in [4.69, 9.17) is 5.73 Å². The van der Waals surface area contributed by atoms with Crippen molar-refractivity contribution >= 4 is 15.9 Å². The molecule has 0 spiro atoms. The van der Waals surface area contributed by atoms with Crippen LogP contribution < -0.4 is 15.8 Å². The van der Waals surface area contributed by atoms with E-state index in [1.807, 2.05) is 13.0 Å². The highest BCUT2D eigenvalue weighted by Gasteiger charge is 2.41. The van der Waals surface area contributed by atoms with Crippen LogP contribution in [0.15, 0.2) is 23.1 Å². The van der Waals surface area contributed by atoms with E-state index in [9.17, 15) is 13.2 Å². The summed E-state index contributed by atoms with van der Waals surface area (Å²) in [5, 5.41) is 2.97. The van der Waals surface area contributed by atoms with E-state index < -0.39 is 10.0 Å². The van der Waals surface area contributed by atoms with Gasteiger partial charge in [0, 0.05) is 19.5 Å². The molecule has 0 heterocycles. The summed E-state index contributed by atoms with van der Waals surface area (Å²) >= 11 is 0. The Hall–Kier alpha value is -1.44. The highest BCUT2D eigenvalue weighted by molar-refractivity contribution is 7.89. The topological polar surface area (TPSA) is 101 Å². The number of nitrogens with one attached hydrogen (secondary N) is 2. The molecule has 0 bridgehead atoms. The molecular formula is C19H29N3O3S. The maximum atomic E-state index is 12.5. The monoisotopic (exact) mass is 379 g/mol. The first-order chi connectivity index (χ1) is 12.3. The number of amides is 1. The molecule has 4 N–H and O–H groups in total. The second-order valence-corrected chi connectivity index (χ2v) is 9.50. The van der Waals surface area contributed by atoms with Crippen molar-refractivity contribution in [2.45, 2.75) is 62.3 Å². The highest BCUT2D eigenvalue weighted by Crippen LogP contribution is 2.38. The predicted octanol–water partition coefficient (Wildman–Crippen LogP) is 1.48. The summed E-state index contributed by atoms with van der Waals surface area (Å²) in [7, 11) is -3.60. The molecular weight excluding hydrogens is 350 g/mol. The highest BCUT2D eigenvalue weighted by atomic mass is 32.2. The van der Waals surface area contributed by atoms with E-state index in [1.165, 1.54) is 5.56 Å². The standard InChI is InChI=1S/C19H29N3O3S/c1-19(13-20,16-7-8-16)22-18(23)10-11-21-26(24,25)17-9-6-14-4-2-3-5-15(14)12-17/h6,9,12,16,21H,2-5,7-8,10-11,13,20H2,1H3,(H,22,23). The van der Waals surface area contributed by atoms with Crippen molar-refractivity contribution < 1.29 is 13.2 Å². The van der Waals surface area contributed by atoms with Gasteiger partial charge in [-0.15, -0.1) is 0 Å². The van der Waals surface area contributed by atoms with Gasteiger partial charge >= 0.3 is 0 Å². The van der Waals surface area contributed by atoms with E-state index in [0.29, 0.717) is 12.5 Å². The number of carbonyl (C=O) groups is 1. The van der Waals surface area contributed by atoms with Crippen molar-refractivity contribution in [3.63, 3.8) is 0 Å². The van der Waals surface area contributed by atoms with Gasteiger partial charge in [-0.05, 0) is 74.6 Å². The Morgan fingerprint density at radius 1 is 1.23 bits per heavy atom. The minimum Gasteiger partial charge on any atom is -0.349 e. The van der Waals surface area contributed by atoms with Crippen molar-refractivity contribution in [2.75, 3.05) is 13.1 Å². The average molecular weight is 380 g/mol. The third-order valence-corrected chi connectivity index (χ3v) is 7.06. The van der Waals surface area contributed by atoms with E-state index in [2.05, 4.69) is 10.0 Å². The maximum absolute atomic E-state index is 12.5. The minimum atomic E-state index is -3.60. The number of fused-ring (bicyclic) bond motifs is 1. The Morgan fingerprint density at radius 2 is 1.92 bits per heavy atom. The number of aryl methyl sites for hydroxylation is 2. The molecule has 3 rings (SSSR count). The van der Waals surface area contributed by atoms with Gasteiger partial charge < -0.3 is 11.1 Å². The van der Waals surface area contributed by atoms with Gasteiger partial charge in [-0.3, -0.25) is 4.79 Å². The van der Waals surface area contributed by atoms with Gasteiger partial charge in [0.05, 0.1) is 10.4 Å². The minimum absolute atomic E-state index is 0.0799. The molecule has 7 heteroatoms. The number of hydrogen-bond acceptors (Lipinski definition) is 4. The second-order valence-electron chi connectivity index (χ2n) is 7.73. The van der Waals surface area contributed by atoms with E-state index in [1.54, 1.807) is 12.1 Å².